The Bertz CT molecular complexity index is 788. The standard InChI is InChI=1S/C18H21N5/c1-14-7-8-17-19-20-18(23(17)21-14)16-9-11-22(12-10-16)13-15-5-3-2-4-6-15/h2-8,16H,9-13H2,1H3. The smallest absolute Gasteiger partial charge is 0.177 e. The van der Waals surface area contributed by atoms with Crippen LogP contribution in [0.1, 0.15) is 35.8 Å². The van der Waals surface area contributed by atoms with Gasteiger partial charge in [-0.05, 0) is 50.6 Å². The highest BCUT2D eigenvalue weighted by Gasteiger charge is 2.25. The van der Waals surface area contributed by atoms with Crippen LogP contribution in [0.25, 0.3) is 5.65 Å². The Morgan fingerprint density at radius 1 is 1.00 bits per heavy atom. The van der Waals surface area contributed by atoms with Gasteiger partial charge in [-0.2, -0.15) is 9.61 Å². The topological polar surface area (TPSA) is 46.3 Å². The number of piperidine rings is 1. The highest BCUT2D eigenvalue weighted by atomic mass is 15.4. The van der Waals surface area contributed by atoms with Crippen molar-refractivity contribution >= 4 is 5.65 Å². The van der Waals surface area contributed by atoms with E-state index in [2.05, 4.69) is 50.5 Å². The first-order valence-corrected chi connectivity index (χ1v) is 8.25. The molecule has 0 unspecified atom stereocenters. The molecule has 118 valence electrons. The summed E-state index contributed by atoms with van der Waals surface area (Å²) in [6.45, 7) is 5.23. The molecule has 3 aromatic rings. The number of hydrogen-bond donors (Lipinski definition) is 0. The molecule has 0 saturated carbocycles. The van der Waals surface area contributed by atoms with Gasteiger partial charge < -0.3 is 0 Å². The maximum atomic E-state index is 4.58. The zero-order valence-corrected chi connectivity index (χ0v) is 13.4. The van der Waals surface area contributed by atoms with Gasteiger partial charge in [-0.25, -0.2) is 0 Å². The second-order valence-corrected chi connectivity index (χ2v) is 6.34. The number of fused-ring (bicyclic) bond motifs is 1. The van der Waals surface area contributed by atoms with Crippen molar-refractivity contribution in [3.8, 4) is 0 Å². The number of aryl methyl sites for hydroxylation is 1. The lowest BCUT2D eigenvalue weighted by atomic mass is 9.96. The van der Waals surface area contributed by atoms with Crippen molar-refractivity contribution in [2.75, 3.05) is 13.1 Å². The monoisotopic (exact) mass is 307 g/mol. The summed E-state index contributed by atoms with van der Waals surface area (Å²) in [6, 6.07) is 14.7. The average Bonchev–Trinajstić information content (AvgIpc) is 2.99. The second-order valence-electron chi connectivity index (χ2n) is 6.34. The first kappa shape index (κ1) is 14.3. The molecule has 5 heteroatoms. The van der Waals surface area contributed by atoms with Crippen LogP contribution < -0.4 is 0 Å². The van der Waals surface area contributed by atoms with E-state index in [1.807, 2.05) is 23.6 Å². The van der Waals surface area contributed by atoms with Gasteiger partial charge >= 0.3 is 0 Å². The van der Waals surface area contributed by atoms with Gasteiger partial charge in [0.05, 0.1) is 5.69 Å². The van der Waals surface area contributed by atoms with Gasteiger partial charge in [-0.3, -0.25) is 4.90 Å². The van der Waals surface area contributed by atoms with Crippen LogP contribution in [0.2, 0.25) is 0 Å². The van der Waals surface area contributed by atoms with Crippen LogP contribution in [0.15, 0.2) is 42.5 Å². The molecule has 1 aliphatic heterocycles. The van der Waals surface area contributed by atoms with E-state index in [1.165, 1.54) is 5.56 Å². The van der Waals surface area contributed by atoms with Crippen molar-refractivity contribution < 1.29 is 0 Å². The van der Waals surface area contributed by atoms with Gasteiger partial charge in [0, 0.05) is 12.5 Å². The lowest BCUT2D eigenvalue weighted by Crippen LogP contribution is -2.33. The molecule has 0 radical (unpaired) electrons. The first-order valence-electron chi connectivity index (χ1n) is 8.25. The van der Waals surface area contributed by atoms with Crippen molar-refractivity contribution in [3.05, 3.63) is 59.5 Å². The molecule has 3 heterocycles. The number of likely N-dealkylation sites (tertiary alicyclic amines) is 1. The van der Waals surface area contributed by atoms with Gasteiger partial charge in [-0.1, -0.05) is 30.3 Å². The van der Waals surface area contributed by atoms with Crippen LogP contribution in [0.3, 0.4) is 0 Å². The maximum absolute atomic E-state index is 4.58. The van der Waals surface area contributed by atoms with Crippen molar-refractivity contribution in [3.63, 3.8) is 0 Å². The number of hydrogen-bond acceptors (Lipinski definition) is 4. The average molecular weight is 307 g/mol. The molecule has 23 heavy (non-hydrogen) atoms. The van der Waals surface area contributed by atoms with Crippen molar-refractivity contribution in [2.24, 2.45) is 0 Å². The summed E-state index contributed by atoms with van der Waals surface area (Å²) in [7, 11) is 0. The lowest BCUT2D eigenvalue weighted by Gasteiger charge is -2.31. The molecule has 0 atom stereocenters. The van der Waals surface area contributed by atoms with E-state index >= 15 is 0 Å². The van der Waals surface area contributed by atoms with Crippen LogP contribution in [-0.2, 0) is 6.54 Å². The molecule has 0 aliphatic carbocycles. The molecular weight excluding hydrogens is 286 g/mol. The molecule has 1 fully saturated rings. The summed E-state index contributed by atoms with van der Waals surface area (Å²) >= 11 is 0. The van der Waals surface area contributed by atoms with Crippen molar-refractivity contribution in [2.45, 2.75) is 32.2 Å². The third kappa shape index (κ3) is 2.97. The SMILES string of the molecule is Cc1ccc2nnc(C3CCN(Cc4ccccc4)CC3)n2n1. The summed E-state index contributed by atoms with van der Waals surface area (Å²) in [5.74, 6) is 1.47. The molecular formula is C18H21N5. The third-order valence-corrected chi connectivity index (χ3v) is 4.62. The molecule has 1 aliphatic rings. The Labute approximate surface area is 136 Å². The van der Waals surface area contributed by atoms with E-state index in [9.17, 15) is 0 Å². The van der Waals surface area contributed by atoms with E-state index in [4.69, 9.17) is 0 Å². The van der Waals surface area contributed by atoms with Crippen LogP contribution >= 0.6 is 0 Å². The number of aromatic nitrogens is 4. The Morgan fingerprint density at radius 2 is 1.78 bits per heavy atom. The fourth-order valence-electron chi connectivity index (χ4n) is 3.34. The first-order chi connectivity index (χ1) is 11.3. The number of rotatable bonds is 3. The minimum atomic E-state index is 0.450. The third-order valence-electron chi connectivity index (χ3n) is 4.62. The molecule has 0 spiro atoms. The summed E-state index contributed by atoms with van der Waals surface area (Å²) in [5, 5.41) is 13.2. The zero-order chi connectivity index (χ0) is 15.6. The van der Waals surface area contributed by atoms with Crippen LogP contribution in [-0.4, -0.2) is 37.8 Å². The highest BCUT2D eigenvalue weighted by molar-refractivity contribution is 5.36. The van der Waals surface area contributed by atoms with E-state index in [0.29, 0.717) is 5.92 Å². The second kappa shape index (κ2) is 6.08. The molecule has 1 saturated heterocycles. The highest BCUT2D eigenvalue weighted by Crippen LogP contribution is 2.27. The fourth-order valence-corrected chi connectivity index (χ4v) is 3.34. The Morgan fingerprint density at radius 3 is 2.57 bits per heavy atom. The van der Waals surface area contributed by atoms with Gasteiger partial charge in [0.1, 0.15) is 0 Å². The molecule has 2 aromatic heterocycles. The molecule has 0 bridgehead atoms. The molecule has 5 nitrogen and oxygen atoms in total. The Balaban J connectivity index is 1.45. The number of nitrogens with zero attached hydrogens (tertiary/aromatic N) is 5. The van der Waals surface area contributed by atoms with Crippen LogP contribution in [0.5, 0.6) is 0 Å². The normalized spacial score (nSPS) is 16.9. The molecule has 1 aromatic carbocycles. The molecule has 0 N–H and O–H groups in total. The van der Waals surface area contributed by atoms with Crippen molar-refractivity contribution in [1.29, 1.82) is 0 Å². The molecule has 0 amide bonds. The van der Waals surface area contributed by atoms with E-state index in [-0.39, 0.29) is 0 Å². The van der Waals surface area contributed by atoms with E-state index in [0.717, 1.165) is 49.6 Å². The largest absolute Gasteiger partial charge is 0.299 e. The van der Waals surface area contributed by atoms with E-state index in [1.54, 1.807) is 0 Å². The quantitative estimate of drug-likeness (QED) is 0.746. The maximum Gasteiger partial charge on any atom is 0.177 e. The van der Waals surface area contributed by atoms with Gasteiger partial charge in [-0.15, -0.1) is 10.2 Å². The summed E-state index contributed by atoms with van der Waals surface area (Å²) in [4.78, 5) is 2.52. The predicted octanol–water partition coefficient (Wildman–Crippen LogP) is 2.81. The minimum Gasteiger partial charge on any atom is -0.299 e. The number of benzene rings is 1. The Hall–Kier alpha value is -2.27. The Kier molecular flexibility index (Phi) is 3.79. The van der Waals surface area contributed by atoms with Gasteiger partial charge in [0.2, 0.25) is 0 Å². The summed E-state index contributed by atoms with van der Waals surface area (Å²) < 4.78 is 1.92. The predicted molar refractivity (Wildman–Crippen MR) is 89.2 cm³/mol. The lowest BCUT2D eigenvalue weighted by molar-refractivity contribution is 0.201. The summed E-state index contributed by atoms with van der Waals surface area (Å²) in [5.41, 5.74) is 3.23. The minimum absolute atomic E-state index is 0.450. The van der Waals surface area contributed by atoms with E-state index < -0.39 is 0 Å². The van der Waals surface area contributed by atoms with Gasteiger partial charge in [0.15, 0.2) is 11.5 Å². The zero-order valence-electron chi connectivity index (χ0n) is 13.4. The van der Waals surface area contributed by atoms with Crippen molar-refractivity contribution in [1.82, 2.24) is 24.7 Å². The van der Waals surface area contributed by atoms with Crippen LogP contribution in [0.4, 0.5) is 0 Å². The van der Waals surface area contributed by atoms with Gasteiger partial charge in [0.25, 0.3) is 0 Å². The summed E-state index contributed by atoms with van der Waals surface area (Å²) in [6.07, 6.45) is 2.23. The van der Waals surface area contributed by atoms with Crippen LogP contribution in [0, 0.1) is 6.92 Å². The fraction of sp³-hybridized carbons (Fsp3) is 0.389. The molecule has 4 rings (SSSR count).